The van der Waals surface area contributed by atoms with Crippen molar-refractivity contribution in [2.45, 2.75) is 30.0 Å². The first-order valence-electron chi connectivity index (χ1n) is 12.8. The Kier molecular flexibility index (Phi) is 9.96. The van der Waals surface area contributed by atoms with Crippen LogP contribution in [-0.4, -0.2) is 19.7 Å². The van der Waals surface area contributed by atoms with Crippen molar-refractivity contribution in [2.75, 3.05) is 0 Å². The Bertz CT molecular complexity index is 1890. The van der Waals surface area contributed by atoms with Crippen LogP contribution in [0.2, 0.25) is 15.1 Å². The van der Waals surface area contributed by atoms with Crippen LogP contribution >= 0.6 is 56.9 Å². The smallest absolute Gasteiger partial charge is 0.289 e. The zero-order valence-electron chi connectivity index (χ0n) is 22.7. The van der Waals surface area contributed by atoms with Gasteiger partial charge in [0.15, 0.2) is 5.78 Å². The summed E-state index contributed by atoms with van der Waals surface area (Å²) < 4.78 is 71.8. The molecule has 4 nitrogen and oxygen atoms in total. The molecule has 0 amide bonds. The number of hydrogen-bond acceptors (Lipinski definition) is 5. The number of ketones is 1. The van der Waals surface area contributed by atoms with Gasteiger partial charge < -0.3 is 0 Å². The van der Waals surface area contributed by atoms with Crippen LogP contribution < -0.4 is 0 Å². The van der Waals surface area contributed by atoms with E-state index in [0.29, 0.717) is 36.0 Å². The topological polar surface area (TPSA) is 60.4 Å². The molecule has 5 aromatic rings. The highest BCUT2D eigenvalue weighted by atomic mass is 35.5. The normalized spacial score (nSPS) is 12.6. The molecule has 0 aliphatic carbocycles. The van der Waals surface area contributed by atoms with Gasteiger partial charge in [0.2, 0.25) is 0 Å². The van der Waals surface area contributed by atoms with Crippen molar-refractivity contribution >= 4 is 72.8 Å². The molecule has 5 rings (SSSR count). The summed E-state index contributed by atoms with van der Waals surface area (Å²) in [7, 11) is -9.64. The summed E-state index contributed by atoms with van der Waals surface area (Å²) >= 11 is 19.9. The van der Waals surface area contributed by atoms with Crippen LogP contribution in [-0.2, 0) is 13.7 Å². The fourth-order valence-electron chi connectivity index (χ4n) is 4.26. The van der Waals surface area contributed by atoms with Crippen LogP contribution in [0.5, 0.6) is 0 Å². The van der Waals surface area contributed by atoms with Crippen molar-refractivity contribution in [3.05, 3.63) is 148 Å². The molecule has 0 N–H and O–H groups in total. The summed E-state index contributed by atoms with van der Waals surface area (Å²) in [5.74, 6) is -0.184. The maximum atomic E-state index is 13.8. The van der Waals surface area contributed by atoms with Crippen molar-refractivity contribution in [2.24, 2.45) is 0 Å². The fourth-order valence-corrected chi connectivity index (χ4v) is 10.3. The monoisotopic (exact) mass is 726 g/mol. The molecule has 0 fully saturated rings. The molecule has 0 aromatic heterocycles. The Morgan fingerprint density at radius 2 is 1.13 bits per heavy atom. The number of rotatable bonds is 9. The van der Waals surface area contributed by atoms with E-state index in [0.717, 1.165) is 0 Å². The molecule has 0 saturated carbocycles. The lowest BCUT2D eigenvalue weighted by atomic mass is 10.0. The lowest BCUT2D eigenvalue weighted by Gasteiger charge is -2.39. The summed E-state index contributed by atoms with van der Waals surface area (Å²) in [6.45, 7) is 0. The summed E-state index contributed by atoms with van der Waals surface area (Å²) in [6.07, 6.45) is 0. The van der Waals surface area contributed by atoms with Crippen LogP contribution in [0.15, 0.2) is 146 Å². The van der Waals surface area contributed by atoms with Gasteiger partial charge in [-0.2, -0.15) is 25.2 Å². The Morgan fingerprint density at radius 3 is 1.60 bits per heavy atom. The first-order valence-corrected chi connectivity index (χ1v) is 17.8. The second-order valence-electron chi connectivity index (χ2n) is 9.35. The molecule has 0 heterocycles. The molecule has 13 heteroatoms. The molecule has 0 spiro atoms. The predicted molar refractivity (Wildman–Crippen MR) is 173 cm³/mol. The van der Waals surface area contributed by atoms with E-state index in [4.69, 9.17) is 38.4 Å². The number of carbonyl (C=O) groups excluding carboxylic acids is 1. The zero-order chi connectivity index (χ0) is 32.4. The van der Waals surface area contributed by atoms with E-state index < -0.39 is 25.9 Å². The van der Waals surface area contributed by atoms with E-state index in [2.05, 4.69) is 0 Å². The number of hydrogen-bond donors (Lipinski definition) is 0. The minimum atomic E-state index is -6.09. The third kappa shape index (κ3) is 7.23. The van der Waals surface area contributed by atoms with Crippen LogP contribution in [0.3, 0.4) is 0 Å². The van der Waals surface area contributed by atoms with Gasteiger partial charge in [0.05, 0.1) is 5.02 Å². The summed E-state index contributed by atoms with van der Waals surface area (Å²) in [6, 6.07) is 31.4. The second-order valence-corrected chi connectivity index (χ2v) is 16.2. The summed E-state index contributed by atoms with van der Waals surface area (Å²) in [5.41, 5.74) is -4.76. The Balaban J connectivity index is 1.56. The Labute approximate surface area is 278 Å². The zero-order valence-corrected chi connectivity index (χ0v) is 27.4. The van der Waals surface area contributed by atoms with Gasteiger partial charge in [-0.05, 0) is 101 Å². The molecular formula is C32H20Cl3F3O4S3. The fraction of sp³-hybridized carbons (Fsp3) is 0.0312. The first-order chi connectivity index (χ1) is 21.3. The lowest BCUT2D eigenvalue weighted by Crippen LogP contribution is -2.27. The highest BCUT2D eigenvalue weighted by Gasteiger charge is 2.52. The molecular weight excluding hydrogens is 708 g/mol. The largest absolute Gasteiger partial charge is 0.524 e. The SMILES string of the molecule is O=C(c1ccccc1)c1ccc(Sc2ccc(S(OS(=O)(=O)C(F)(F)F)(c3ccc(Cl)cc3)c3ccc(Cl)cc3)cc2)c(Cl)c1. The van der Waals surface area contributed by atoms with Gasteiger partial charge in [0.1, 0.15) is 0 Å². The quantitative estimate of drug-likeness (QED) is 0.112. The molecule has 0 bridgehead atoms. The standard InChI is InChI=1S/C32H20Cl3F3O4S3/c33-23-7-13-26(14-8-23)44(27-15-9-24(34)10-16-27,42-45(40,41)32(36,37)38)28-17-11-25(12-18-28)43-30-19-6-22(20-29(30)35)31(39)21-4-2-1-3-5-21/h1-20H. The van der Waals surface area contributed by atoms with Crippen LogP contribution in [0.25, 0.3) is 0 Å². The maximum Gasteiger partial charge on any atom is 0.524 e. The van der Waals surface area contributed by atoms with Crippen molar-refractivity contribution < 1.29 is 30.0 Å². The molecule has 0 radical (unpaired) electrons. The van der Waals surface area contributed by atoms with E-state index in [1.54, 1.807) is 54.6 Å². The molecule has 0 atom stereocenters. The molecule has 232 valence electrons. The third-order valence-corrected chi connectivity index (χ3v) is 13.3. The number of carbonyl (C=O) groups is 1. The van der Waals surface area contributed by atoms with E-state index in [9.17, 15) is 26.4 Å². The van der Waals surface area contributed by atoms with Gasteiger partial charge in [-0.3, -0.25) is 4.79 Å². The summed E-state index contributed by atoms with van der Waals surface area (Å²) in [5, 5.41) is 0.914. The second kappa shape index (κ2) is 13.4. The van der Waals surface area contributed by atoms with E-state index in [1.807, 2.05) is 6.07 Å². The minimum Gasteiger partial charge on any atom is -0.289 e. The van der Waals surface area contributed by atoms with Gasteiger partial charge >= 0.3 is 15.6 Å². The van der Waals surface area contributed by atoms with Crippen molar-refractivity contribution in [1.29, 1.82) is 0 Å². The van der Waals surface area contributed by atoms with Gasteiger partial charge in [0.25, 0.3) is 0 Å². The van der Waals surface area contributed by atoms with Gasteiger partial charge in [-0.25, -0.2) is 0 Å². The number of alkyl halides is 3. The van der Waals surface area contributed by atoms with Crippen LogP contribution in [0.1, 0.15) is 15.9 Å². The molecule has 0 aliphatic heterocycles. The average molecular weight is 728 g/mol. The first kappa shape index (κ1) is 33.4. The van der Waals surface area contributed by atoms with Crippen LogP contribution in [0, 0.1) is 0 Å². The van der Waals surface area contributed by atoms with E-state index in [1.165, 1.54) is 72.4 Å². The Hall–Kier alpha value is -2.96. The van der Waals surface area contributed by atoms with Gasteiger partial charge in [0, 0.05) is 45.6 Å². The average Bonchev–Trinajstić information content (AvgIpc) is 3.01. The van der Waals surface area contributed by atoms with Crippen molar-refractivity contribution in [1.82, 2.24) is 0 Å². The molecule has 0 saturated heterocycles. The molecule has 0 aliphatic rings. The third-order valence-electron chi connectivity index (χ3n) is 6.38. The maximum absolute atomic E-state index is 13.8. The van der Waals surface area contributed by atoms with Crippen LogP contribution in [0.4, 0.5) is 13.2 Å². The molecule has 0 unspecified atom stereocenters. The highest BCUT2D eigenvalue weighted by Crippen LogP contribution is 2.70. The molecule has 5 aromatic carbocycles. The molecule has 45 heavy (non-hydrogen) atoms. The minimum absolute atomic E-state index is 0.157. The van der Waals surface area contributed by atoms with Crippen molar-refractivity contribution in [3.8, 4) is 0 Å². The predicted octanol–water partition coefficient (Wildman–Crippen LogP) is 11.1. The lowest BCUT2D eigenvalue weighted by molar-refractivity contribution is -0.0496. The van der Waals surface area contributed by atoms with E-state index in [-0.39, 0.29) is 20.5 Å². The summed E-state index contributed by atoms with van der Waals surface area (Å²) in [4.78, 5) is 14.6. The number of halogens is 6. The number of benzene rings is 5. The Morgan fingerprint density at radius 1 is 0.644 bits per heavy atom. The highest BCUT2D eigenvalue weighted by molar-refractivity contribution is 8.33. The van der Waals surface area contributed by atoms with Gasteiger partial charge in [-0.15, -0.1) is 0 Å². The van der Waals surface area contributed by atoms with Crippen molar-refractivity contribution in [3.63, 3.8) is 0 Å². The van der Waals surface area contributed by atoms with E-state index >= 15 is 0 Å². The van der Waals surface area contributed by atoms with Gasteiger partial charge in [-0.1, -0.05) is 76.9 Å².